The van der Waals surface area contributed by atoms with E-state index >= 15 is 0 Å². The van der Waals surface area contributed by atoms with Gasteiger partial charge in [-0.3, -0.25) is 4.79 Å². The smallest absolute Gasteiger partial charge is 0.272 e. The van der Waals surface area contributed by atoms with Crippen molar-refractivity contribution in [1.29, 1.82) is 0 Å². The Morgan fingerprint density at radius 3 is 2.41 bits per heavy atom. The van der Waals surface area contributed by atoms with E-state index in [-0.39, 0.29) is 5.91 Å². The molecule has 1 aromatic heterocycles. The second kappa shape index (κ2) is 12.2. The summed E-state index contributed by atoms with van der Waals surface area (Å²) in [6.07, 6.45) is 1.52. The van der Waals surface area contributed by atoms with Gasteiger partial charge in [0, 0.05) is 10.9 Å². The second-order valence-electron chi connectivity index (χ2n) is 8.67. The highest BCUT2D eigenvalue weighted by Gasteiger charge is 2.15. The summed E-state index contributed by atoms with van der Waals surface area (Å²) >= 11 is 6.55. The fraction of sp³-hybridized carbons (Fsp3) is 0.0938. The van der Waals surface area contributed by atoms with Crippen LogP contribution in [0.1, 0.15) is 28.4 Å². The molecule has 1 amide bonds. The Hall–Kier alpha value is -4.68. The molecule has 0 aliphatic rings. The molecule has 6 nitrogen and oxygen atoms in total. The topological polar surface area (TPSA) is 72.8 Å². The molecule has 0 aliphatic carbocycles. The zero-order chi connectivity index (χ0) is 27.0. The molecule has 1 N–H and O–H groups in total. The van der Waals surface area contributed by atoms with Gasteiger partial charge in [0.2, 0.25) is 0 Å². The lowest BCUT2D eigenvalue weighted by Crippen LogP contribution is -2.18. The number of carbonyl (C=O) groups is 1. The van der Waals surface area contributed by atoms with E-state index in [2.05, 4.69) is 10.5 Å². The van der Waals surface area contributed by atoms with Gasteiger partial charge < -0.3 is 9.47 Å². The van der Waals surface area contributed by atoms with Crippen LogP contribution in [0.5, 0.6) is 11.5 Å². The summed E-state index contributed by atoms with van der Waals surface area (Å²) in [5, 5.41) is 5.32. The average Bonchev–Trinajstić information content (AvgIpc) is 2.97. The Bertz CT molecular complexity index is 1620. The standard InChI is InChI=1S/C32H26ClN3O3/c1-2-38-30-18-23(17-27(33)31(30)39-21-22-11-5-3-6-12-22)20-34-36-32(37)26-19-29(24-13-7-4-8-14-24)35-28-16-10-9-15-25(26)28/h3-20H,2,21H2,1H3,(H,36,37)/b34-20+. The lowest BCUT2D eigenvalue weighted by Gasteiger charge is -2.14. The lowest BCUT2D eigenvalue weighted by atomic mass is 10.0. The SMILES string of the molecule is CCOc1cc(/C=N/NC(=O)c2cc(-c3ccccc3)nc3ccccc23)cc(Cl)c1OCc1ccccc1. The van der Waals surface area contributed by atoms with E-state index in [1.807, 2.05) is 91.9 Å². The van der Waals surface area contributed by atoms with Crippen molar-refractivity contribution in [3.63, 3.8) is 0 Å². The van der Waals surface area contributed by atoms with Gasteiger partial charge in [-0.05, 0) is 42.3 Å². The van der Waals surface area contributed by atoms with E-state index in [0.717, 1.165) is 22.0 Å². The van der Waals surface area contributed by atoms with Crippen molar-refractivity contribution in [2.24, 2.45) is 5.10 Å². The number of hydrogen-bond donors (Lipinski definition) is 1. The number of hydrogen-bond acceptors (Lipinski definition) is 5. The van der Waals surface area contributed by atoms with Crippen LogP contribution in [-0.4, -0.2) is 23.7 Å². The molecule has 4 aromatic carbocycles. The first kappa shape index (κ1) is 25.9. The number of pyridine rings is 1. The van der Waals surface area contributed by atoms with Crippen LogP contribution in [0.15, 0.2) is 108 Å². The van der Waals surface area contributed by atoms with Crippen molar-refractivity contribution in [3.8, 4) is 22.8 Å². The third kappa shape index (κ3) is 6.25. The van der Waals surface area contributed by atoms with Crippen molar-refractivity contribution in [2.75, 3.05) is 6.61 Å². The van der Waals surface area contributed by atoms with Crippen molar-refractivity contribution in [2.45, 2.75) is 13.5 Å². The highest BCUT2D eigenvalue weighted by Crippen LogP contribution is 2.37. The Labute approximate surface area is 231 Å². The fourth-order valence-corrected chi connectivity index (χ4v) is 4.41. The number of halogens is 1. The summed E-state index contributed by atoms with van der Waals surface area (Å²) in [5.41, 5.74) is 7.15. The lowest BCUT2D eigenvalue weighted by molar-refractivity contribution is 0.0956. The minimum absolute atomic E-state index is 0.346. The molecule has 0 spiro atoms. The average molecular weight is 536 g/mol. The molecule has 0 atom stereocenters. The van der Waals surface area contributed by atoms with Gasteiger partial charge >= 0.3 is 0 Å². The van der Waals surface area contributed by atoms with E-state index in [9.17, 15) is 4.79 Å². The predicted molar refractivity (Wildman–Crippen MR) is 156 cm³/mol. The number of hydrazone groups is 1. The Morgan fingerprint density at radius 2 is 1.64 bits per heavy atom. The molecule has 0 fully saturated rings. The maximum atomic E-state index is 13.2. The predicted octanol–water partition coefficient (Wildman–Crippen LogP) is 7.30. The number of para-hydroxylation sites is 1. The summed E-state index contributed by atoms with van der Waals surface area (Å²) in [6, 6.07) is 32.4. The minimum Gasteiger partial charge on any atom is -0.490 e. The Morgan fingerprint density at radius 1 is 0.923 bits per heavy atom. The van der Waals surface area contributed by atoms with E-state index in [1.165, 1.54) is 6.21 Å². The first-order chi connectivity index (χ1) is 19.1. The van der Waals surface area contributed by atoms with Crippen LogP contribution in [0, 0.1) is 0 Å². The molecular formula is C32H26ClN3O3. The minimum atomic E-state index is -0.346. The first-order valence-electron chi connectivity index (χ1n) is 12.5. The highest BCUT2D eigenvalue weighted by atomic mass is 35.5. The first-order valence-corrected chi connectivity index (χ1v) is 12.9. The number of benzene rings is 4. The Kier molecular flexibility index (Phi) is 8.15. The number of fused-ring (bicyclic) bond motifs is 1. The van der Waals surface area contributed by atoms with Crippen LogP contribution in [-0.2, 0) is 6.61 Å². The summed E-state index contributed by atoms with van der Waals surface area (Å²) < 4.78 is 11.8. The van der Waals surface area contributed by atoms with E-state index < -0.39 is 0 Å². The van der Waals surface area contributed by atoms with Crippen LogP contribution in [0.2, 0.25) is 5.02 Å². The molecule has 0 saturated carbocycles. The van der Waals surface area contributed by atoms with Gasteiger partial charge in [0.15, 0.2) is 11.5 Å². The van der Waals surface area contributed by atoms with Gasteiger partial charge in [0.1, 0.15) is 6.61 Å². The van der Waals surface area contributed by atoms with E-state index in [0.29, 0.717) is 46.6 Å². The van der Waals surface area contributed by atoms with Gasteiger partial charge in [-0.25, -0.2) is 10.4 Å². The molecule has 39 heavy (non-hydrogen) atoms. The normalized spacial score (nSPS) is 11.0. The van der Waals surface area contributed by atoms with E-state index in [1.54, 1.807) is 18.2 Å². The number of amides is 1. The van der Waals surface area contributed by atoms with Crippen LogP contribution in [0.4, 0.5) is 0 Å². The van der Waals surface area contributed by atoms with Crippen LogP contribution in [0.3, 0.4) is 0 Å². The molecular weight excluding hydrogens is 510 g/mol. The fourth-order valence-electron chi connectivity index (χ4n) is 4.14. The molecule has 0 unspecified atom stereocenters. The summed E-state index contributed by atoms with van der Waals surface area (Å²) in [6.45, 7) is 2.68. The third-order valence-electron chi connectivity index (χ3n) is 5.97. The van der Waals surface area contributed by atoms with Crippen LogP contribution < -0.4 is 14.9 Å². The third-order valence-corrected chi connectivity index (χ3v) is 6.25. The summed E-state index contributed by atoms with van der Waals surface area (Å²) in [5.74, 6) is 0.613. The largest absolute Gasteiger partial charge is 0.490 e. The molecule has 0 aliphatic heterocycles. The molecule has 0 saturated heterocycles. The van der Waals surface area contributed by atoms with Gasteiger partial charge in [-0.15, -0.1) is 0 Å². The van der Waals surface area contributed by atoms with Crippen molar-refractivity contribution < 1.29 is 14.3 Å². The summed E-state index contributed by atoms with van der Waals surface area (Å²) in [4.78, 5) is 18.0. The Balaban J connectivity index is 1.37. The van der Waals surface area contributed by atoms with Crippen molar-refractivity contribution in [1.82, 2.24) is 10.4 Å². The zero-order valence-corrected chi connectivity index (χ0v) is 22.1. The summed E-state index contributed by atoms with van der Waals surface area (Å²) in [7, 11) is 0. The number of carbonyl (C=O) groups excluding carboxylic acids is 1. The monoisotopic (exact) mass is 535 g/mol. The molecule has 194 valence electrons. The van der Waals surface area contributed by atoms with Gasteiger partial charge in [0.05, 0.1) is 34.6 Å². The molecule has 0 radical (unpaired) electrons. The number of aromatic nitrogens is 1. The van der Waals surface area contributed by atoms with Gasteiger partial charge in [0.25, 0.3) is 5.91 Å². The number of ether oxygens (including phenoxy) is 2. The second-order valence-corrected chi connectivity index (χ2v) is 9.08. The van der Waals surface area contributed by atoms with Gasteiger partial charge in [-0.1, -0.05) is 90.5 Å². The maximum absolute atomic E-state index is 13.2. The number of nitrogens with one attached hydrogen (secondary N) is 1. The molecule has 0 bridgehead atoms. The molecule has 1 heterocycles. The molecule has 7 heteroatoms. The van der Waals surface area contributed by atoms with Gasteiger partial charge in [-0.2, -0.15) is 5.10 Å². The quantitative estimate of drug-likeness (QED) is 0.159. The van der Waals surface area contributed by atoms with Crippen LogP contribution in [0.25, 0.3) is 22.2 Å². The molecule has 5 rings (SSSR count). The zero-order valence-electron chi connectivity index (χ0n) is 21.3. The van der Waals surface area contributed by atoms with Crippen molar-refractivity contribution in [3.05, 3.63) is 125 Å². The number of rotatable bonds is 9. The number of nitrogens with zero attached hydrogens (tertiary/aromatic N) is 2. The van der Waals surface area contributed by atoms with E-state index in [4.69, 9.17) is 26.1 Å². The maximum Gasteiger partial charge on any atom is 0.272 e. The van der Waals surface area contributed by atoms with Crippen LogP contribution >= 0.6 is 11.6 Å². The van der Waals surface area contributed by atoms with Crippen molar-refractivity contribution >= 4 is 34.6 Å². The highest BCUT2D eigenvalue weighted by molar-refractivity contribution is 6.32. The molecule has 5 aromatic rings.